The van der Waals surface area contributed by atoms with Gasteiger partial charge in [-0.2, -0.15) is 0 Å². The lowest BCUT2D eigenvalue weighted by Gasteiger charge is -2.15. The predicted molar refractivity (Wildman–Crippen MR) is 110 cm³/mol. The molecule has 1 atom stereocenters. The van der Waals surface area contributed by atoms with Crippen LogP contribution in [0.3, 0.4) is 0 Å². The van der Waals surface area contributed by atoms with Gasteiger partial charge in [0.15, 0.2) is 0 Å². The van der Waals surface area contributed by atoms with Crippen LogP contribution in [-0.4, -0.2) is 45.9 Å². The topological polar surface area (TPSA) is 90.1 Å². The number of fused-ring (bicyclic) bond motifs is 1. The predicted octanol–water partition coefficient (Wildman–Crippen LogP) is 2.01. The Bertz CT molecular complexity index is 1080. The second-order valence-corrected chi connectivity index (χ2v) is 6.89. The molecule has 146 valence electrons. The van der Waals surface area contributed by atoms with Crippen LogP contribution < -0.4 is 10.6 Å². The molecule has 0 aliphatic carbocycles. The van der Waals surface area contributed by atoms with E-state index >= 15 is 0 Å². The molecule has 3 amide bonds. The highest BCUT2D eigenvalue weighted by atomic mass is 16.2. The van der Waals surface area contributed by atoms with E-state index in [4.69, 9.17) is 0 Å². The standard InChI is InChI=1S/C22H21N5O2/c28-20(7-6-16-4-2-1-3-5-16)27-13-10-18(15-27)26-22(29)25-14-17-8-11-23-21-19(17)9-12-24-21/h1-5,8-9,11-12,18H,10,13-15H2,(H,23,24)(H2,25,26,29). The van der Waals surface area contributed by atoms with E-state index in [-0.39, 0.29) is 18.0 Å². The summed E-state index contributed by atoms with van der Waals surface area (Å²) in [5.41, 5.74) is 2.60. The highest BCUT2D eigenvalue weighted by Gasteiger charge is 2.26. The van der Waals surface area contributed by atoms with Crippen LogP contribution in [0.15, 0.2) is 54.9 Å². The smallest absolute Gasteiger partial charge is 0.315 e. The third-order valence-electron chi connectivity index (χ3n) is 4.89. The number of hydrogen-bond acceptors (Lipinski definition) is 3. The summed E-state index contributed by atoms with van der Waals surface area (Å²) in [6.45, 7) is 1.45. The van der Waals surface area contributed by atoms with Crippen LogP contribution in [0.5, 0.6) is 0 Å². The highest BCUT2D eigenvalue weighted by molar-refractivity contribution is 5.94. The highest BCUT2D eigenvalue weighted by Crippen LogP contribution is 2.14. The molecule has 0 radical (unpaired) electrons. The van der Waals surface area contributed by atoms with Gasteiger partial charge in [-0.25, -0.2) is 9.78 Å². The maximum absolute atomic E-state index is 12.3. The molecule has 4 rings (SSSR count). The molecular formula is C22H21N5O2. The van der Waals surface area contributed by atoms with Crippen molar-refractivity contribution in [3.8, 4) is 11.8 Å². The Balaban J connectivity index is 1.26. The molecule has 0 spiro atoms. The zero-order valence-electron chi connectivity index (χ0n) is 15.8. The van der Waals surface area contributed by atoms with Crippen molar-refractivity contribution in [1.29, 1.82) is 0 Å². The molecule has 1 unspecified atom stereocenters. The van der Waals surface area contributed by atoms with Crippen molar-refractivity contribution in [2.75, 3.05) is 13.1 Å². The minimum Gasteiger partial charge on any atom is -0.346 e. The van der Waals surface area contributed by atoms with Crippen molar-refractivity contribution in [2.24, 2.45) is 0 Å². The fourth-order valence-electron chi connectivity index (χ4n) is 3.37. The average Bonchev–Trinajstić information content (AvgIpc) is 3.41. The number of aromatic nitrogens is 2. The number of nitrogens with one attached hydrogen (secondary N) is 3. The van der Waals surface area contributed by atoms with Crippen molar-refractivity contribution in [1.82, 2.24) is 25.5 Å². The molecule has 7 heteroatoms. The monoisotopic (exact) mass is 387 g/mol. The fraction of sp³-hybridized carbons (Fsp3) is 0.227. The largest absolute Gasteiger partial charge is 0.346 e. The molecule has 3 N–H and O–H groups in total. The van der Waals surface area contributed by atoms with Crippen molar-refractivity contribution < 1.29 is 9.59 Å². The number of likely N-dealkylation sites (tertiary alicyclic amines) is 1. The third-order valence-corrected chi connectivity index (χ3v) is 4.89. The van der Waals surface area contributed by atoms with E-state index in [1.807, 2.05) is 48.7 Å². The number of hydrogen-bond donors (Lipinski definition) is 3. The molecule has 1 aromatic carbocycles. The van der Waals surface area contributed by atoms with Gasteiger partial charge in [-0.05, 0) is 36.2 Å². The van der Waals surface area contributed by atoms with Gasteiger partial charge >= 0.3 is 6.03 Å². The molecule has 1 saturated heterocycles. The summed E-state index contributed by atoms with van der Waals surface area (Å²) in [4.78, 5) is 33.5. The van der Waals surface area contributed by atoms with E-state index in [1.165, 1.54) is 0 Å². The quantitative estimate of drug-likeness (QED) is 0.601. The van der Waals surface area contributed by atoms with Gasteiger partial charge in [-0.15, -0.1) is 0 Å². The molecule has 2 aromatic heterocycles. The normalized spacial score (nSPS) is 15.6. The second kappa shape index (κ2) is 8.48. The van der Waals surface area contributed by atoms with Gasteiger partial charge in [0.1, 0.15) is 5.65 Å². The van der Waals surface area contributed by atoms with Crippen molar-refractivity contribution in [2.45, 2.75) is 19.0 Å². The number of carbonyl (C=O) groups is 2. The zero-order chi connectivity index (χ0) is 20.1. The number of H-pyrrole nitrogens is 1. The maximum Gasteiger partial charge on any atom is 0.315 e. The van der Waals surface area contributed by atoms with Crippen LogP contribution in [0.1, 0.15) is 17.5 Å². The number of nitrogens with zero attached hydrogens (tertiary/aromatic N) is 2. The van der Waals surface area contributed by atoms with Crippen LogP contribution in [0, 0.1) is 11.8 Å². The number of amides is 3. The first-order valence-electron chi connectivity index (χ1n) is 9.50. The van der Waals surface area contributed by atoms with Gasteiger partial charge in [-0.3, -0.25) is 4.79 Å². The molecule has 1 aliphatic heterocycles. The minimum absolute atomic E-state index is 0.0813. The number of urea groups is 1. The summed E-state index contributed by atoms with van der Waals surface area (Å²) in [5.74, 6) is 5.34. The van der Waals surface area contributed by atoms with Crippen LogP contribution in [0.4, 0.5) is 4.79 Å². The van der Waals surface area contributed by atoms with Gasteiger partial charge < -0.3 is 20.5 Å². The Morgan fingerprint density at radius 1 is 1.21 bits per heavy atom. The summed E-state index contributed by atoms with van der Waals surface area (Å²) in [6.07, 6.45) is 4.25. The van der Waals surface area contributed by atoms with Gasteiger partial charge in [-0.1, -0.05) is 24.1 Å². The fourth-order valence-corrected chi connectivity index (χ4v) is 3.37. The third kappa shape index (κ3) is 4.55. The maximum atomic E-state index is 12.3. The first kappa shape index (κ1) is 18.6. The van der Waals surface area contributed by atoms with E-state index < -0.39 is 0 Å². The first-order valence-corrected chi connectivity index (χ1v) is 9.50. The van der Waals surface area contributed by atoms with E-state index in [1.54, 1.807) is 11.1 Å². The second-order valence-electron chi connectivity index (χ2n) is 6.89. The summed E-state index contributed by atoms with van der Waals surface area (Å²) in [6, 6.07) is 12.9. The van der Waals surface area contributed by atoms with Crippen LogP contribution >= 0.6 is 0 Å². The molecule has 7 nitrogen and oxygen atoms in total. The van der Waals surface area contributed by atoms with Crippen molar-refractivity contribution >= 4 is 23.0 Å². The van der Waals surface area contributed by atoms with E-state index in [2.05, 4.69) is 32.4 Å². The van der Waals surface area contributed by atoms with Crippen LogP contribution in [0.2, 0.25) is 0 Å². The Morgan fingerprint density at radius 3 is 2.93 bits per heavy atom. The van der Waals surface area contributed by atoms with Gasteiger partial charge in [0.2, 0.25) is 0 Å². The van der Waals surface area contributed by atoms with E-state index in [0.29, 0.717) is 26.1 Å². The molecule has 1 aliphatic rings. The van der Waals surface area contributed by atoms with Gasteiger partial charge in [0, 0.05) is 54.9 Å². The minimum atomic E-state index is -0.250. The Kier molecular flexibility index (Phi) is 5.43. The molecule has 29 heavy (non-hydrogen) atoms. The number of carbonyl (C=O) groups excluding carboxylic acids is 2. The summed E-state index contributed by atoms with van der Waals surface area (Å²) in [5, 5.41) is 6.80. The van der Waals surface area contributed by atoms with Crippen molar-refractivity contribution in [3.05, 3.63) is 66.0 Å². The average molecular weight is 387 g/mol. The molecular weight excluding hydrogens is 366 g/mol. The van der Waals surface area contributed by atoms with Crippen LogP contribution in [0.25, 0.3) is 11.0 Å². The Hall–Kier alpha value is -3.79. The molecule has 3 aromatic rings. The lowest BCUT2D eigenvalue weighted by Crippen LogP contribution is -2.43. The Morgan fingerprint density at radius 2 is 2.07 bits per heavy atom. The lowest BCUT2D eigenvalue weighted by molar-refractivity contribution is -0.124. The molecule has 3 heterocycles. The summed E-state index contributed by atoms with van der Waals surface area (Å²) < 4.78 is 0. The number of rotatable bonds is 3. The number of aromatic amines is 1. The lowest BCUT2D eigenvalue weighted by atomic mass is 10.2. The molecule has 0 saturated carbocycles. The zero-order valence-corrected chi connectivity index (χ0v) is 15.8. The SMILES string of the molecule is O=C(NCc1ccnc2[nH]ccc12)NC1CCN(C(=O)C#Cc2ccccc2)C1. The molecule has 1 fully saturated rings. The first-order chi connectivity index (χ1) is 14.2. The van der Waals surface area contributed by atoms with Gasteiger partial charge in [0.25, 0.3) is 5.91 Å². The molecule has 0 bridgehead atoms. The van der Waals surface area contributed by atoms with Gasteiger partial charge in [0.05, 0.1) is 0 Å². The number of pyridine rings is 1. The summed E-state index contributed by atoms with van der Waals surface area (Å²) >= 11 is 0. The van der Waals surface area contributed by atoms with Crippen LogP contribution in [-0.2, 0) is 11.3 Å². The van der Waals surface area contributed by atoms with E-state index in [0.717, 1.165) is 22.2 Å². The number of benzene rings is 1. The summed E-state index contributed by atoms with van der Waals surface area (Å²) in [7, 11) is 0. The Labute approximate surface area is 168 Å². The van der Waals surface area contributed by atoms with Crippen molar-refractivity contribution in [3.63, 3.8) is 0 Å². The van der Waals surface area contributed by atoms with E-state index in [9.17, 15) is 9.59 Å².